The summed E-state index contributed by atoms with van der Waals surface area (Å²) in [6.07, 6.45) is 1.47. The van der Waals surface area contributed by atoms with Gasteiger partial charge in [0.2, 0.25) is 0 Å². The molecule has 0 fully saturated rings. The molecule has 2 N–H and O–H groups in total. The molecule has 128 valence electrons. The molecule has 0 saturated carbocycles. The average molecular weight is 361 g/mol. The lowest BCUT2D eigenvalue weighted by Gasteiger charge is -2.09. The number of rotatable bonds is 5. The minimum atomic E-state index is -1.22. The summed E-state index contributed by atoms with van der Waals surface area (Å²) in [4.78, 5) is 33.7. The molecule has 0 aromatic heterocycles. The number of nitro groups is 1. The van der Waals surface area contributed by atoms with E-state index in [1.165, 1.54) is 49.4 Å². The Bertz CT molecular complexity index is 892. The number of carboxylic acids is 1. The van der Waals surface area contributed by atoms with E-state index in [9.17, 15) is 24.8 Å². The fourth-order valence-corrected chi connectivity index (χ4v) is 2.24. The first kappa shape index (κ1) is 18.2. The maximum atomic E-state index is 12.3. The number of aromatic carboxylic acids is 1. The Balaban J connectivity index is 2.25. The predicted octanol–water partition coefficient (Wildman–Crippen LogP) is 3.99. The van der Waals surface area contributed by atoms with E-state index in [4.69, 9.17) is 11.6 Å². The number of benzene rings is 2. The number of carbonyl (C=O) groups excluding carboxylic acids is 1. The molecule has 0 atom stereocenters. The topological polar surface area (TPSA) is 110 Å². The van der Waals surface area contributed by atoms with Gasteiger partial charge in [-0.3, -0.25) is 14.9 Å². The normalized spacial score (nSPS) is 11.0. The van der Waals surface area contributed by atoms with Gasteiger partial charge in [0.05, 0.1) is 16.2 Å². The minimum absolute atomic E-state index is 0.0900. The highest BCUT2D eigenvalue weighted by Gasteiger charge is 2.14. The molecule has 8 heteroatoms. The van der Waals surface area contributed by atoms with Crippen molar-refractivity contribution in [3.63, 3.8) is 0 Å². The molecular formula is C17H13ClN2O5. The first-order valence-corrected chi connectivity index (χ1v) is 7.42. The van der Waals surface area contributed by atoms with Gasteiger partial charge in [0.15, 0.2) is 0 Å². The van der Waals surface area contributed by atoms with Crippen LogP contribution in [0.3, 0.4) is 0 Å². The van der Waals surface area contributed by atoms with Crippen LogP contribution >= 0.6 is 11.6 Å². The molecule has 2 aromatic carbocycles. The average Bonchev–Trinajstić information content (AvgIpc) is 2.56. The third kappa shape index (κ3) is 4.65. The van der Waals surface area contributed by atoms with Gasteiger partial charge < -0.3 is 10.4 Å². The summed E-state index contributed by atoms with van der Waals surface area (Å²) < 4.78 is 0. The summed E-state index contributed by atoms with van der Waals surface area (Å²) in [5.41, 5.74) is 0.619. The van der Waals surface area contributed by atoms with Gasteiger partial charge in [0.25, 0.3) is 11.6 Å². The molecule has 0 aliphatic heterocycles. The Hall–Kier alpha value is -3.19. The molecule has 0 unspecified atom stereocenters. The van der Waals surface area contributed by atoms with Gasteiger partial charge in [0, 0.05) is 22.7 Å². The zero-order chi connectivity index (χ0) is 18.6. The molecular weight excluding hydrogens is 348 g/mol. The van der Waals surface area contributed by atoms with Crippen molar-refractivity contribution in [3.05, 3.63) is 74.3 Å². The Kier molecular flexibility index (Phi) is 5.51. The molecule has 2 rings (SSSR count). The van der Waals surface area contributed by atoms with Crippen LogP contribution in [0.25, 0.3) is 6.08 Å². The molecule has 0 spiro atoms. The molecule has 0 aliphatic carbocycles. The van der Waals surface area contributed by atoms with E-state index in [1.807, 2.05) is 0 Å². The number of anilines is 1. The molecule has 0 saturated heterocycles. The maximum Gasteiger partial charge on any atom is 0.337 e. The van der Waals surface area contributed by atoms with Crippen LogP contribution in [0, 0.1) is 10.1 Å². The van der Waals surface area contributed by atoms with E-state index in [-0.39, 0.29) is 27.5 Å². The van der Waals surface area contributed by atoms with Gasteiger partial charge in [-0.1, -0.05) is 23.7 Å². The molecule has 7 nitrogen and oxygen atoms in total. The molecule has 1 amide bonds. The number of hydrogen-bond acceptors (Lipinski definition) is 4. The first-order valence-electron chi connectivity index (χ1n) is 7.05. The smallest absolute Gasteiger partial charge is 0.337 e. The van der Waals surface area contributed by atoms with Crippen molar-refractivity contribution in [1.82, 2.24) is 0 Å². The zero-order valence-electron chi connectivity index (χ0n) is 13.0. The van der Waals surface area contributed by atoms with Crippen molar-refractivity contribution in [2.45, 2.75) is 6.92 Å². The number of hydrogen-bond donors (Lipinski definition) is 2. The Morgan fingerprint density at radius 3 is 2.60 bits per heavy atom. The van der Waals surface area contributed by atoms with Gasteiger partial charge in [-0.15, -0.1) is 0 Å². The van der Waals surface area contributed by atoms with Crippen LogP contribution in [0.15, 0.2) is 48.0 Å². The van der Waals surface area contributed by atoms with E-state index >= 15 is 0 Å². The molecule has 0 bridgehead atoms. The number of nitrogens with zero attached hydrogens (tertiary/aromatic N) is 1. The highest BCUT2D eigenvalue weighted by atomic mass is 35.5. The van der Waals surface area contributed by atoms with Crippen LogP contribution in [-0.2, 0) is 4.79 Å². The number of nitrogens with one attached hydrogen (secondary N) is 1. The van der Waals surface area contributed by atoms with Crippen LogP contribution < -0.4 is 5.32 Å². The van der Waals surface area contributed by atoms with Crippen molar-refractivity contribution in [1.29, 1.82) is 0 Å². The predicted molar refractivity (Wildman–Crippen MR) is 93.8 cm³/mol. The maximum absolute atomic E-state index is 12.3. The van der Waals surface area contributed by atoms with Crippen molar-refractivity contribution in [2.24, 2.45) is 0 Å². The van der Waals surface area contributed by atoms with Crippen LogP contribution in [0.5, 0.6) is 0 Å². The number of halogens is 1. The van der Waals surface area contributed by atoms with Gasteiger partial charge >= 0.3 is 5.97 Å². The fraction of sp³-hybridized carbons (Fsp3) is 0.0588. The monoisotopic (exact) mass is 360 g/mol. The number of nitro benzene ring substituents is 1. The molecule has 2 aromatic rings. The van der Waals surface area contributed by atoms with Crippen LogP contribution in [-0.4, -0.2) is 21.9 Å². The quantitative estimate of drug-likeness (QED) is 0.476. The third-order valence-electron chi connectivity index (χ3n) is 3.28. The number of carbonyl (C=O) groups is 2. The van der Waals surface area contributed by atoms with Gasteiger partial charge in [-0.05, 0) is 36.8 Å². The summed E-state index contributed by atoms with van der Waals surface area (Å²) in [5, 5.41) is 22.7. The third-order valence-corrected chi connectivity index (χ3v) is 3.52. The van der Waals surface area contributed by atoms with E-state index in [2.05, 4.69) is 5.32 Å². The summed E-state index contributed by atoms with van der Waals surface area (Å²) in [5.74, 6) is -1.76. The molecule has 0 aliphatic rings. The second-order valence-electron chi connectivity index (χ2n) is 5.13. The number of non-ortho nitro benzene ring substituents is 1. The lowest BCUT2D eigenvalue weighted by Crippen LogP contribution is -2.15. The lowest BCUT2D eigenvalue weighted by molar-refractivity contribution is -0.384. The SMILES string of the molecule is CC(=Cc1cccc([N+](=O)[O-])c1)C(=O)Nc1ccc(Cl)cc1C(=O)O. The van der Waals surface area contributed by atoms with Crippen molar-refractivity contribution >= 4 is 40.9 Å². The fourth-order valence-electron chi connectivity index (χ4n) is 2.07. The number of carboxylic acid groups (broad SMARTS) is 1. The highest BCUT2D eigenvalue weighted by Crippen LogP contribution is 2.22. The Labute approximate surface area is 147 Å². The van der Waals surface area contributed by atoms with Gasteiger partial charge in [0.1, 0.15) is 0 Å². The Morgan fingerprint density at radius 1 is 1.24 bits per heavy atom. The molecule has 25 heavy (non-hydrogen) atoms. The van der Waals surface area contributed by atoms with Crippen molar-refractivity contribution in [3.8, 4) is 0 Å². The van der Waals surface area contributed by atoms with Crippen LogP contribution in [0.1, 0.15) is 22.8 Å². The highest BCUT2D eigenvalue weighted by molar-refractivity contribution is 6.31. The van der Waals surface area contributed by atoms with Gasteiger partial charge in [-0.25, -0.2) is 4.79 Å². The minimum Gasteiger partial charge on any atom is -0.478 e. The van der Waals surface area contributed by atoms with Gasteiger partial charge in [-0.2, -0.15) is 0 Å². The van der Waals surface area contributed by atoms with Crippen molar-refractivity contribution < 1.29 is 19.6 Å². The molecule has 0 radical (unpaired) electrons. The van der Waals surface area contributed by atoms with E-state index in [1.54, 1.807) is 6.07 Å². The molecule has 0 heterocycles. The summed E-state index contributed by atoms with van der Waals surface area (Å²) in [7, 11) is 0. The first-order chi connectivity index (χ1) is 11.8. The summed E-state index contributed by atoms with van der Waals surface area (Å²) in [6, 6.07) is 9.90. The zero-order valence-corrected chi connectivity index (χ0v) is 13.8. The van der Waals surface area contributed by atoms with Crippen LogP contribution in [0.4, 0.5) is 11.4 Å². The summed E-state index contributed by atoms with van der Waals surface area (Å²) >= 11 is 5.77. The summed E-state index contributed by atoms with van der Waals surface area (Å²) in [6.45, 7) is 1.52. The van der Waals surface area contributed by atoms with Crippen molar-refractivity contribution in [2.75, 3.05) is 5.32 Å². The Morgan fingerprint density at radius 2 is 1.96 bits per heavy atom. The second-order valence-corrected chi connectivity index (χ2v) is 5.57. The second kappa shape index (κ2) is 7.59. The van der Waals surface area contributed by atoms with E-state index in [0.717, 1.165) is 0 Å². The largest absolute Gasteiger partial charge is 0.478 e. The van der Waals surface area contributed by atoms with E-state index < -0.39 is 16.8 Å². The standard InChI is InChI=1S/C17H13ClN2O5/c1-10(7-11-3-2-4-13(8-11)20(24)25)16(21)19-15-6-5-12(18)9-14(15)17(22)23/h2-9H,1H3,(H,19,21)(H,22,23). The van der Waals surface area contributed by atoms with E-state index in [0.29, 0.717) is 5.56 Å². The lowest BCUT2D eigenvalue weighted by atomic mass is 10.1. The van der Waals surface area contributed by atoms with Crippen LogP contribution in [0.2, 0.25) is 5.02 Å². The number of amides is 1.